The molecule has 5 heteroatoms. The van der Waals surface area contributed by atoms with Gasteiger partial charge in [-0.25, -0.2) is 0 Å². The molecule has 0 aliphatic heterocycles. The summed E-state index contributed by atoms with van der Waals surface area (Å²) in [6.07, 6.45) is 2.03. The van der Waals surface area contributed by atoms with E-state index >= 15 is 0 Å². The van der Waals surface area contributed by atoms with Gasteiger partial charge in [0.2, 0.25) is 0 Å². The summed E-state index contributed by atoms with van der Waals surface area (Å²) in [6, 6.07) is 0. The number of hydrogen-bond donors (Lipinski definition) is 0. The minimum Gasteiger partial charge on any atom is -0.306 e. The molecule has 0 N–H and O–H groups in total. The zero-order valence-electron chi connectivity index (χ0n) is 8.36. The Morgan fingerprint density at radius 1 is 1.38 bits per heavy atom. The lowest BCUT2D eigenvalue weighted by Crippen LogP contribution is -2.00. The van der Waals surface area contributed by atoms with E-state index in [1.165, 1.54) is 20.3 Å². The Kier molecular flexibility index (Phi) is 5.14. The lowest BCUT2D eigenvalue weighted by molar-refractivity contribution is -0.109. The van der Waals surface area contributed by atoms with Crippen LogP contribution in [0.1, 0.15) is 20.3 Å². The molecule has 0 fully saturated rings. The molecule has 0 saturated heterocycles. The van der Waals surface area contributed by atoms with Crippen LogP contribution in [0.25, 0.3) is 0 Å². The average Bonchev–Trinajstić information content (AvgIpc) is 2.16. The van der Waals surface area contributed by atoms with Gasteiger partial charge in [0.15, 0.2) is 0 Å². The zero-order valence-corrected chi connectivity index (χ0v) is 9.26. The Labute approximate surface area is 78.5 Å². The van der Waals surface area contributed by atoms with Crippen molar-refractivity contribution in [3.05, 3.63) is 11.6 Å². The highest BCUT2D eigenvalue weighted by Gasteiger charge is 2.29. The second kappa shape index (κ2) is 5.32. The molecule has 0 spiro atoms. The minimum absolute atomic E-state index is 0.600. The molecule has 0 aromatic carbocycles. The Balaban J connectivity index is 4.69. The molecule has 0 rings (SSSR count). The summed E-state index contributed by atoms with van der Waals surface area (Å²) < 4.78 is 20.5. The summed E-state index contributed by atoms with van der Waals surface area (Å²) in [7, 11) is -1.17. The molecule has 76 valence electrons. The first-order valence-electron chi connectivity index (χ1n) is 3.93. The van der Waals surface area contributed by atoms with Gasteiger partial charge in [0.25, 0.3) is 5.52 Å². The molecule has 4 nitrogen and oxygen atoms in total. The van der Waals surface area contributed by atoms with Crippen molar-refractivity contribution in [2.75, 3.05) is 14.2 Å². The van der Waals surface area contributed by atoms with Crippen molar-refractivity contribution in [3.63, 3.8) is 0 Å². The highest BCUT2D eigenvalue weighted by Crippen LogP contribution is 2.47. The van der Waals surface area contributed by atoms with Gasteiger partial charge in [0.1, 0.15) is 0 Å². The summed E-state index contributed by atoms with van der Waals surface area (Å²) in [6.45, 7) is 3.69. The van der Waals surface area contributed by atoms with Gasteiger partial charge in [0, 0.05) is 14.2 Å². The molecule has 0 atom stereocenters. The van der Waals surface area contributed by atoms with Gasteiger partial charge in [0.05, 0.1) is 0 Å². The van der Waals surface area contributed by atoms with Crippen molar-refractivity contribution in [2.45, 2.75) is 20.3 Å². The average molecular weight is 206 g/mol. The maximum absolute atomic E-state index is 11.5. The first-order valence-corrected chi connectivity index (χ1v) is 5.47. The van der Waals surface area contributed by atoms with Gasteiger partial charge in [-0.2, -0.15) is 0 Å². The standard InChI is InChI=1S/C8H15O4P/c1-5-7(2)6-8(9)13(10,11-3)12-4/h6H,5H2,1-4H3/b7-6+. The van der Waals surface area contributed by atoms with E-state index in [4.69, 9.17) is 0 Å². The van der Waals surface area contributed by atoms with E-state index in [2.05, 4.69) is 9.05 Å². The Morgan fingerprint density at radius 3 is 2.15 bits per heavy atom. The molecule has 0 saturated carbocycles. The van der Waals surface area contributed by atoms with Gasteiger partial charge in [-0.3, -0.25) is 9.36 Å². The molecule has 0 aliphatic carbocycles. The Bertz CT molecular complexity index is 249. The second-order valence-corrected chi connectivity index (χ2v) is 4.71. The van der Waals surface area contributed by atoms with Crippen LogP contribution >= 0.6 is 7.60 Å². The highest BCUT2D eigenvalue weighted by atomic mass is 31.2. The molecular formula is C8H15O4P. The number of allylic oxidation sites excluding steroid dienone is 2. The molecule has 0 amide bonds. The molecule has 0 bridgehead atoms. The number of carbonyl (C=O) groups excluding carboxylic acids is 1. The molecular weight excluding hydrogens is 191 g/mol. The SMILES string of the molecule is CC/C(C)=C/C(=O)P(=O)(OC)OC. The van der Waals surface area contributed by atoms with Crippen LogP contribution in [0.4, 0.5) is 0 Å². The van der Waals surface area contributed by atoms with Gasteiger partial charge >= 0.3 is 7.60 Å². The fraction of sp³-hybridized carbons (Fsp3) is 0.625. The van der Waals surface area contributed by atoms with Crippen molar-refractivity contribution in [1.82, 2.24) is 0 Å². The van der Waals surface area contributed by atoms with Crippen molar-refractivity contribution < 1.29 is 18.4 Å². The highest BCUT2D eigenvalue weighted by molar-refractivity contribution is 7.72. The van der Waals surface area contributed by atoms with Gasteiger partial charge in [-0.15, -0.1) is 0 Å². The van der Waals surface area contributed by atoms with Gasteiger partial charge in [-0.1, -0.05) is 12.5 Å². The van der Waals surface area contributed by atoms with Crippen LogP contribution in [-0.2, 0) is 18.4 Å². The smallest absolute Gasteiger partial charge is 0.306 e. The van der Waals surface area contributed by atoms with E-state index in [9.17, 15) is 9.36 Å². The van der Waals surface area contributed by atoms with Crippen LogP contribution in [0, 0.1) is 0 Å². The van der Waals surface area contributed by atoms with Crippen LogP contribution in [0.5, 0.6) is 0 Å². The minimum atomic E-state index is -3.55. The van der Waals surface area contributed by atoms with Crippen LogP contribution < -0.4 is 0 Å². The molecule has 13 heavy (non-hydrogen) atoms. The van der Waals surface area contributed by atoms with Crippen LogP contribution in [0.3, 0.4) is 0 Å². The monoisotopic (exact) mass is 206 g/mol. The topological polar surface area (TPSA) is 52.6 Å². The molecule has 0 radical (unpaired) electrons. The molecule has 0 unspecified atom stereocenters. The summed E-state index contributed by atoms with van der Waals surface area (Å²) in [5.74, 6) is 0. The van der Waals surface area contributed by atoms with Crippen molar-refractivity contribution >= 4 is 13.1 Å². The summed E-state index contributed by atoms with van der Waals surface area (Å²) in [5.41, 5.74) is 0.246. The number of carbonyl (C=O) groups is 1. The van der Waals surface area contributed by atoms with E-state index in [0.29, 0.717) is 0 Å². The number of rotatable bonds is 5. The number of hydrogen-bond acceptors (Lipinski definition) is 4. The zero-order chi connectivity index (χ0) is 10.5. The Hall–Kier alpha value is -0.440. The third-order valence-electron chi connectivity index (χ3n) is 1.68. The normalized spacial score (nSPS) is 13.1. The summed E-state index contributed by atoms with van der Waals surface area (Å²) >= 11 is 0. The quantitative estimate of drug-likeness (QED) is 0.511. The molecule has 0 heterocycles. The first kappa shape index (κ1) is 12.6. The third-order valence-corrected chi connectivity index (χ3v) is 3.31. The Morgan fingerprint density at radius 2 is 1.85 bits per heavy atom. The first-order chi connectivity index (χ1) is 6.00. The maximum Gasteiger partial charge on any atom is 0.400 e. The van der Waals surface area contributed by atoms with Crippen molar-refractivity contribution in [3.8, 4) is 0 Å². The largest absolute Gasteiger partial charge is 0.400 e. The molecule has 0 aliphatic rings. The predicted molar refractivity (Wildman–Crippen MR) is 50.7 cm³/mol. The maximum atomic E-state index is 11.5. The fourth-order valence-electron chi connectivity index (χ4n) is 0.646. The summed E-state index contributed by atoms with van der Waals surface area (Å²) in [4.78, 5) is 11.3. The predicted octanol–water partition coefficient (Wildman–Crippen LogP) is 2.36. The van der Waals surface area contributed by atoms with E-state index in [1.54, 1.807) is 6.92 Å². The van der Waals surface area contributed by atoms with Gasteiger partial charge < -0.3 is 9.05 Å². The van der Waals surface area contributed by atoms with Crippen molar-refractivity contribution in [1.29, 1.82) is 0 Å². The lowest BCUT2D eigenvalue weighted by atomic mass is 10.2. The fourth-order valence-corrected chi connectivity index (χ4v) is 1.53. The van der Waals surface area contributed by atoms with Crippen LogP contribution in [0.15, 0.2) is 11.6 Å². The lowest BCUT2D eigenvalue weighted by Gasteiger charge is -2.09. The van der Waals surface area contributed by atoms with E-state index < -0.39 is 13.1 Å². The van der Waals surface area contributed by atoms with Crippen LogP contribution in [-0.4, -0.2) is 19.7 Å². The second-order valence-electron chi connectivity index (χ2n) is 2.55. The van der Waals surface area contributed by atoms with Crippen molar-refractivity contribution in [2.24, 2.45) is 0 Å². The van der Waals surface area contributed by atoms with Gasteiger partial charge in [-0.05, 0) is 19.4 Å². The molecule has 0 aromatic rings. The summed E-state index contributed by atoms with van der Waals surface area (Å²) in [5, 5.41) is 0. The third kappa shape index (κ3) is 3.43. The van der Waals surface area contributed by atoms with E-state index in [0.717, 1.165) is 12.0 Å². The van der Waals surface area contributed by atoms with E-state index in [1.807, 2.05) is 6.92 Å². The van der Waals surface area contributed by atoms with E-state index in [-0.39, 0.29) is 0 Å². The van der Waals surface area contributed by atoms with Crippen LogP contribution in [0.2, 0.25) is 0 Å². The molecule has 0 aromatic heterocycles.